The van der Waals surface area contributed by atoms with Gasteiger partial charge in [-0.25, -0.2) is 0 Å². The summed E-state index contributed by atoms with van der Waals surface area (Å²) < 4.78 is 0. The van der Waals surface area contributed by atoms with Crippen LogP contribution >= 0.6 is 0 Å². The van der Waals surface area contributed by atoms with E-state index in [0.717, 1.165) is 19.4 Å². The van der Waals surface area contributed by atoms with Crippen molar-refractivity contribution in [2.45, 2.75) is 60.4 Å². The Balaban J connectivity index is 4.31. The number of rotatable bonds is 5. The molecule has 0 radical (unpaired) electrons. The molecule has 0 rings (SSSR count). The third-order valence-electron chi connectivity index (χ3n) is 3.55. The number of hydrogen-bond donors (Lipinski definition) is 0. The van der Waals surface area contributed by atoms with E-state index in [1.807, 2.05) is 4.90 Å². The lowest BCUT2D eigenvalue weighted by molar-refractivity contribution is -0.122. The highest BCUT2D eigenvalue weighted by molar-refractivity contribution is 5.48. The minimum Gasteiger partial charge on any atom is -0.340 e. The van der Waals surface area contributed by atoms with Crippen LogP contribution in [0.2, 0.25) is 0 Å². The van der Waals surface area contributed by atoms with Gasteiger partial charge >= 0.3 is 0 Å². The fraction of sp³-hybridized carbons (Fsp3) is 0.923. The van der Waals surface area contributed by atoms with Crippen molar-refractivity contribution >= 4 is 6.41 Å². The summed E-state index contributed by atoms with van der Waals surface area (Å²) in [6.45, 7) is 16.1. The van der Waals surface area contributed by atoms with Crippen molar-refractivity contribution in [2.75, 3.05) is 6.54 Å². The lowest BCUT2D eigenvalue weighted by atomic mass is 9.78. The zero-order valence-electron chi connectivity index (χ0n) is 11.4. The second kappa shape index (κ2) is 5.00. The van der Waals surface area contributed by atoms with E-state index in [9.17, 15) is 4.79 Å². The quantitative estimate of drug-likeness (QED) is 0.642. The van der Waals surface area contributed by atoms with Crippen LogP contribution in [0.5, 0.6) is 0 Å². The van der Waals surface area contributed by atoms with Crippen molar-refractivity contribution < 1.29 is 4.79 Å². The minimum absolute atomic E-state index is 0.0607. The molecule has 0 bridgehead atoms. The summed E-state index contributed by atoms with van der Waals surface area (Å²) in [6.07, 6.45) is 2.02. The molecule has 0 atom stereocenters. The Kier molecular flexibility index (Phi) is 4.82. The summed E-state index contributed by atoms with van der Waals surface area (Å²) in [7, 11) is 0. The average Bonchev–Trinajstić information content (AvgIpc) is 2.02. The summed E-state index contributed by atoms with van der Waals surface area (Å²) in [4.78, 5) is 12.9. The van der Waals surface area contributed by atoms with Crippen LogP contribution in [-0.2, 0) is 4.79 Å². The maximum Gasteiger partial charge on any atom is 0.210 e. The summed E-state index contributed by atoms with van der Waals surface area (Å²) in [5.74, 6) is 0.644. The van der Waals surface area contributed by atoms with Crippen LogP contribution in [0.3, 0.4) is 0 Å². The Morgan fingerprint density at radius 2 is 1.60 bits per heavy atom. The predicted octanol–water partition coefficient (Wildman–Crippen LogP) is 3.32. The van der Waals surface area contributed by atoms with E-state index in [1.165, 1.54) is 0 Å². The zero-order chi connectivity index (χ0) is 12.3. The number of carbonyl (C=O) groups is 1. The van der Waals surface area contributed by atoms with Crippen molar-refractivity contribution in [3.63, 3.8) is 0 Å². The molecule has 0 heterocycles. The van der Waals surface area contributed by atoms with Gasteiger partial charge in [0.15, 0.2) is 0 Å². The molecular weight excluding hydrogens is 186 g/mol. The van der Waals surface area contributed by atoms with Gasteiger partial charge in [0.05, 0.1) is 0 Å². The standard InChI is InChI=1S/C13H27NO/c1-11(2)13(6,7)8-9-14(10-15)12(3,4)5/h10-11H,8-9H2,1-7H3. The Labute approximate surface area is 95.0 Å². The molecule has 0 aromatic rings. The molecule has 2 heteroatoms. The van der Waals surface area contributed by atoms with Crippen molar-refractivity contribution in [1.29, 1.82) is 0 Å². The molecule has 0 saturated heterocycles. The van der Waals surface area contributed by atoms with Gasteiger partial charge in [0.25, 0.3) is 0 Å². The molecule has 90 valence electrons. The van der Waals surface area contributed by atoms with Gasteiger partial charge in [-0.3, -0.25) is 4.79 Å². The molecule has 0 aliphatic carbocycles. The van der Waals surface area contributed by atoms with Gasteiger partial charge < -0.3 is 4.90 Å². The van der Waals surface area contributed by atoms with Crippen LogP contribution in [-0.4, -0.2) is 23.4 Å². The van der Waals surface area contributed by atoms with Gasteiger partial charge in [0.1, 0.15) is 0 Å². The van der Waals surface area contributed by atoms with Crippen molar-refractivity contribution in [3.8, 4) is 0 Å². The maximum atomic E-state index is 11.0. The summed E-state index contributed by atoms with van der Waals surface area (Å²) in [6, 6.07) is 0. The van der Waals surface area contributed by atoms with E-state index in [-0.39, 0.29) is 5.54 Å². The molecule has 1 amide bonds. The Hall–Kier alpha value is -0.530. The zero-order valence-corrected chi connectivity index (χ0v) is 11.4. The van der Waals surface area contributed by atoms with Crippen LogP contribution in [0.15, 0.2) is 0 Å². The van der Waals surface area contributed by atoms with Gasteiger partial charge in [0, 0.05) is 12.1 Å². The molecule has 2 nitrogen and oxygen atoms in total. The van der Waals surface area contributed by atoms with Crippen LogP contribution in [0.25, 0.3) is 0 Å². The van der Waals surface area contributed by atoms with Gasteiger partial charge in [0.2, 0.25) is 6.41 Å². The van der Waals surface area contributed by atoms with Crippen molar-refractivity contribution in [1.82, 2.24) is 4.90 Å². The molecule has 0 aromatic heterocycles. The topological polar surface area (TPSA) is 20.3 Å². The Bertz CT molecular complexity index is 201. The van der Waals surface area contributed by atoms with Gasteiger partial charge in [-0.15, -0.1) is 0 Å². The highest BCUT2D eigenvalue weighted by Crippen LogP contribution is 2.30. The van der Waals surface area contributed by atoms with Gasteiger partial charge in [-0.2, -0.15) is 0 Å². The first-order valence-electron chi connectivity index (χ1n) is 5.83. The first-order chi connectivity index (χ1) is 6.61. The van der Waals surface area contributed by atoms with E-state index < -0.39 is 0 Å². The number of nitrogens with zero attached hydrogens (tertiary/aromatic N) is 1. The molecule has 0 fully saturated rings. The van der Waals surface area contributed by atoms with Crippen LogP contribution < -0.4 is 0 Å². The monoisotopic (exact) mass is 213 g/mol. The fourth-order valence-electron chi connectivity index (χ4n) is 1.24. The van der Waals surface area contributed by atoms with Gasteiger partial charge in [-0.05, 0) is 38.5 Å². The SMILES string of the molecule is CC(C)C(C)(C)CCN(C=O)C(C)(C)C. The first-order valence-corrected chi connectivity index (χ1v) is 5.83. The van der Waals surface area contributed by atoms with E-state index in [2.05, 4.69) is 48.5 Å². The normalized spacial score (nSPS) is 13.1. The van der Waals surface area contributed by atoms with E-state index in [4.69, 9.17) is 0 Å². The number of hydrogen-bond acceptors (Lipinski definition) is 1. The third kappa shape index (κ3) is 4.67. The molecule has 0 saturated carbocycles. The molecule has 0 aliphatic rings. The predicted molar refractivity (Wildman–Crippen MR) is 65.8 cm³/mol. The number of amides is 1. The second-order valence-electron chi connectivity index (χ2n) is 6.36. The summed E-state index contributed by atoms with van der Waals surface area (Å²) in [5.41, 5.74) is 0.237. The minimum atomic E-state index is -0.0607. The second-order valence-corrected chi connectivity index (χ2v) is 6.36. The number of carbonyl (C=O) groups excluding carboxylic acids is 1. The highest BCUT2D eigenvalue weighted by Gasteiger charge is 2.26. The van der Waals surface area contributed by atoms with Crippen LogP contribution in [0.1, 0.15) is 54.9 Å². The van der Waals surface area contributed by atoms with E-state index in [1.54, 1.807) is 0 Å². The van der Waals surface area contributed by atoms with Crippen molar-refractivity contribution in [2.24, 2.45) is 11.3 Å². The Morgan fingerprint density at radius 1 is 1.13 bits per heavy atom. The lowest BCUT2D eigenvalue weighted by Crippen LogP contribution is -2.42. The van der Waals surface area contributed by atoms with Crippen molar-refractivity contribution in [3.05, 3.63) is 0 Å². The average molecular weight is 213 g/mol. The van der Waals surface area contributed by atoms with Gasteiger partial charge in [-0.1, -0.05) is 27.7 Å². The van der Waals surface area contributed by atoms with E-state index in [0.29, 0.717) is 11.3 Å². The first kappa shape index (κ1) is 14.5. The maximum absolute atomic E-state index is 11.0. The largest absolute Gasteiger partial charge is 0.340 e. The van der Waals surface area contributed by atoms with Crippen LogP contribution in [0, 0.1) is 11.3 Å². The molecule has 0 aromatic carbocycles. The summed E-state index contributed by atoms with van der Waals surface area (Å²) in [5, 5.41) is 0. The molecule has 0 N–H and O–H groups in total. The lowest BCUT2D eigenvalue weighted by Gasteiger charge is -2.36. The Morgan fingerprint density at radius 3 is 1.87 bits per heavy atom. The molecule has 0 spiro atoms. The summed E-state index contributed by atoms with van der Waals surface area (Å²) >= 11 is 0. The fourth-order valence-corrected chi connectivity index (χ4v) is 1.24. The van der Waals surface area contributed by atoms with Crippen LogP contribution in [0.4, 0.5) is 0 Å². The van der Waals surface area contributed by atoms with E-state index >= 15 is 0 Å². The molecule has 0 aliphatic heterocycles. The highest BCUT2D eigenvalue weighted by atomic mass is 16.1. The smallest absolute Gasteiger partial charge is 0.210 e. The molecule has 0 unspecified atom stereocenters. The molecule has 15 heavy (non-hydrogen) atoms. The third-order valence-corrected chi connectivity index (χ3v) is 3.55. The molecular formula is C13H27NO.